The molecule has 0 bridgehead atoms. The lowest BCUT2D eigenvalue weighted by Gasteiger charge is -2.04. The van der Waals surface area contributed by atoms with Crippen molar-refractivity contribution in [1.29, 1.82) is 0 Å². The van der Waals surface area contributed by atoms with E-state index in [1.807, 2.05) is 12.1 Å². The first-order valence-electron chi connectivity index (χ1n) is 5.01. The molecule has 82 valence electrons. The van der Waals surface area contributed by atoms with Crippen LogP contribution in [-0.4, -0.2) is 9.97 Å². The topological polar surface area (TPSA) is 51.8 Å². The molecule has 16 heavy (non-hydrogen) atoms. The van der Waals surface area contributed by atoms with Crippen molar-refractivity contribution < 1.29 is 0 Å². The van der Waals surface area contributed by atoms with Crippen LogP contribution in [0.2, 0.25) is 0 Å². The summed E-state index contributed by atoms with van der Waals surface area (Å²) in [6, 6.07) is 10.2. The number of aryl methyl sites for hydroxylation is 1. The Bertz CT molecular complexity index is 485. The van der Waals surface area contributed by atoms with Crippen molar-refractivity contribution in [3.8, 4) is 0 Å². The molecule has 0 atom stereocenters. The standard InChI is InChI=1S/C12H13N3S/c1-9-4-2-3-5-10(9)8-16-11-6-7-14-12(13)15-11/h2-7H,8H2,1H3,(H2,13,14,15). The number of thioether (sulfide) groups is 1. The molecule has 0 saturated carbocycles. The van der Waals surface area contributed by atoms with E-state index < -0.39 is 0 Å². The Kier molecular flexibility index (Phi) is 3.41. The second kappa shape index (κ2) is 4.99. The number of rotatable bonds is 3. The second-order valence-corrected chi connectivity index (χ2v) is 4.46. The molecule has 1 aromatic carbocycles. The predicted octanol–water partition coefficient (Wildman–Crippen LogP) is 2.66. The molecule has 0 radical (unpaired) electrons. The fourth-order valence-corrected chi connectivity index (χ4v) is 2.30. The van der Waals surface area contributed by atoms with E-state index in [1.165, 1.54) is 11.1 Å². The minimum atomic E-state index is 0.329. The molecule has 0 spiro atoms. The lowest BCUT2D eigenvalue weighted by atomic mass is 10.1. The molecule has 4 heteroatoms. The van der Waals surface area contributed by atoms with Crippen LogP contribution in [-0.2, 0) is 5.75 Å². The van der Waals surface area contributed by atoms with Gasteiger partial charge in [-0.15, -0.1) is 11.8 Å². The SMILES string of the molecule is Cc1ccccc1CSc1ccnc(N)n1. The molecule has 0 saturated heterocycles. The largest absolute Gasteiger partial charge is 0.368 e. The zero-order valence-corrected chi connectivity index (χ0v) is 9.87. The van der Waals surface area contributed by atoms with Gasteiger partial charge in [0.1, 0.15) is 5.03 Å². The molecule has 0 unspecified atom stereocenters. The molecule has 1 heterocycles. The molecular formula is C12H13N3S. The van der Waals surface area contributed by atoms with Crippen molar-refractivity contribution in [3.05, 3.63) is 47.7 Å². The zero-order chi connectivity index (χ0) is 11.4. The van der Waals surface area contributed by atoms with Gasteiger partial charge in [0, 0.05) is 11.9 Å². The molecule has 2 N–H and O–H groups in total. The lowest BCUT2D eigenvalue weighted by Crippen LogP contribution is -1.94. The maximum absolute atomic E-state index is 5.52. The first-order chi connectivity index (χ1) is 7.75. The third kappa shape index (κ3) is 2.73. The number of anilines is 1. The Morgan fingerprint density at radius 1 is 1.25 bits per heavy atom. The van der Waals surface area contributed by atoms with Gasteiger partial charge in [0.25, 0.3) is 0 Å². The maximum atomic E-state index is 5.52. The van der Waals surface area contributed by atoms with Gasteiger partial charge in [-0.3, -0.25) is 0 Å². The molecule has 2 aromatic rings. The molecule has 0 aliphatic heterocycles. The van der Waals surface area contributed by atoms with E-state index >= 15 is 0 Å². The Balaban J connectivity index is 2.05. The quantitative estimate of drug-likeness (QED) is 0.651. The fraction of sp³-hybridized carbons (Fsp3) is 0.167. The van der Waals surface area contributed by atoms with Gasteiger partial charge in [-0.05, 0) is 24.1 Å². The minimum absolute atomic E-state index is 0.329. The van der Waals surface area contributed by atoms with Crippen LogP contribution in [0.15, 0.2) is 41.6 Å². The number of hydrogen-bond donors (Lipinski definition) is 1. The van der Waals surface area contributed by atoms with Crippen LogP contribution in [0.3, 0.4) is 0 Å². The monoisotopic (exact) mass is 231 g/mol. The highest BCUT2D eigenvalue weighted by molar-refractivity contribution is 7.98. The van der Waals surface area contributed by atoms with Gasteiger partial charge in [0.2, 0.25) is 5.95 Å². The van der Waals surface area contributed by atoms with E-state index in [9.17, 15) is 0 Å². The van der Waals surface area contributed by atoms with Crippen molar-refractivity contribution >= 4 is 17.7 Å². The van der Waals surface area contributed by atoms with Crippen molar-refractivity contribution in [3.63, 3.8) is 0 Å². The van der Waals surface area contributed by atoms with E-state index in [2.05, 4.69) is 35.1 Å². The molecular weight excluding hydrogens is 218 g/mol. The van der Waals surface area contributed by atoms with Gasteiger partial charge in [-0.2, -0.15) is 0 Å². The first kappa shape index (κ1) is 11.0. The van der Waals surface area contributed by atoms with Crippen LogP contribution in [0.1, 0.15) is 11.1 Å². The number of nitrogens with two attached hydrogens (primary N) is 1. The van der Waals surface area contributed by atoms with E-state index in [1.54, 1.807) is 18.0 Å². The summed E-state index contributed by atoms with van der Waals surface area (Å²) in [6.45, 7) is 2.12. The molecule has 0 aliphatic carbocycles. The zero-order valence-electron chi connectivity index (χ0n) is 9.05. The van der Waals surface area contributed by atoms with Crippen LogP contribution < -0.4 is 5.73 Å². The van der Waals surface area contributed by atoms with Crippen LogP contribution in [0, 0.1) is 6.92 Å². The van der Waals surface area contributed by atoms with E-state index in [0.717, 1.165) is 10.8 Å². The van der Waals surface area contributed by atoms with Gasteiger partial charge >= 0.3 is 0 Å². The third-order valence-corrected chi connectivity index (χ3v) is 3.26. The van der Waals surface area contributed by atoms with Crippen LogP contribution >= 0.6 is 11.8 Å². The Morgan fingerprint density at radius 2 is 2.06 bits per heavy atom. The average Bonchev–Trinajstić information content (AvgIpc) is 2.28. The minimum Gasteiger partial charge on any atom is -0.368 e. The fourth-order valence-electron chi connectivity index (χ4n) is 1.36. The summed E-state index contributed by atoms with van der Waals surface area (Å²) in [6.07, 6.45) is 1.68. The Morgan fingerprint density at radius 3 is 2.81 bits per heavy atom. The van der Waals surface area contributed by atoms with Crippen LogP contribution in [0.4, 0.5) is 5.95 Å². The maximum Gasteiger partial charge on any atom is 0.221 e. The summed E-state index contributed by atoms with van der Waals surface area (Å²) >= 11 is 1.67. The Hall–Kier alpha value is -1.55. The molecule has 0 amide bonds. The average molecular weight is 231 g/mol. The number of aromatic nitrogens is 2. The van der Waals surface area contributed by atoms with E-state index in [0.29, 0.717) is 5.95 Å². The van der Waals surface area contributed by atoms with Gasteiger partial charge in [0.15, 0.2) is 0 Å². The van der Waals surface area contributed by atoms with Gasteiger partial charge in [-0.25, -0.2) is 9.97 Å². The number of nitrogens with zero attached hydrogens (tertiary/aromatic N) is 2. The third-order valence-electron chi connectivity index (χ3n) is 2.29. The van der Waals surface area contributed by atoms with Crippen molar-refractivity contribution in [1.82, 2.24) is 9.97 Å². The van der Waals surface area contributed by atoms with Gasteiger partial charge in [-0.1, -0.05) is 24.3 Å². The summed E-state index contributed by atoms with van der Waals surface area (Å²) in [5, 5.41) is 0.913. The number of benzene rings is 1. The van der Waals surface area contributed by atoms with Gasteiger partial charge in [0.05, 0.1) is 0 Å². The summed E-state index contributed by atoms with van der Waals surface area (Å²) in [7, 11) is 0. The van der Waals surface area contributed by atoms with Crippen molar-refractivity contribution in [2.75, 3.05) is 5.73 Å². The first-order valence-corrected chi connectivity index (χ1v) is 6.00. The predicted molar refractivity (Wildman–Crippen MR) is 67.2 cm³/mol. The highest BCUT2D eigenvalue weighted by Gasteiger charge is 2.00. The number of nitrogen functional groups attached to an aromatic ring is 1. The van der Waals surface area contributed by atoms with Crippen LogP contribution in [0.5, 0.6) is 0 Å². The highest BCUT2D eigenvalue weighted by Crippen LogP contribution is 2.22. The smallest absolute Gasteiger partial charge is 0.221 e. The van der Waals surface area contributed by atoms with Crippen molar-refractivity contribution in [2.24, 2.45) is 0 Å². The number of hydrogen-bond acceptors (Lipinski definition) is 4. The van der Waals surface area contributed by atoms with E-state index in [-0.39, 0.29) is 0 Å². The summed E-state index contributed by atoms with van der Waals surface area (Å²) in [5.41, 5.74) is 8.15. The summed E-state index contributed by atoms with van der Waals surface area (Å²) < 4.78 is 0. The van der Waals surface area contributed by atoms with Crippen molar-refractivity contribution in [2.45, 2.75) is 17.7 Å². The van der Waals surface area contributed by atoms with Gasteiger partial charge < -0.3 is 5.73 Å². The molecule has 0 fully saturated rings. The summed E-state index contributed by atoms with van der Waals surface area (Å²) in [5.74, 6) is 1.23. The van der Waals surface area contributed by atoms with Crippen LogP contribution in [0.25, 0.3) is 0 Å². The lowest BCUT2D eigenvalue weighted by molar-refractivity contribution is 1.06. The summed E-state index contributed by atoms with van der Waals surface area (Å²) in [4.78, 5) is 8.01. The molecule has 0 aliphatic rings. The normalized spacial score (nSPS) is 10.3. The highest BCUT2D eigenvalue weighted by atomic mass is 32.2. The Labute approximate surface area is 99.1 Å². The second-order valence-electron chi connectivity index (χ2n) is 3.47. The molecule has 1 aromatic heterocycles. The molecule has 2 rings (SSSR count). The van der Waals surface area contributed by atoms with E-state index in [4.69, 9.17) is 5.73 Å². The molecule has 3 nitrogen and oxygen atoms in total.